The Bertz CT molecular complexity index is 240. The lowest BCUT2D eigenvalue weighted by Crippen LogP contribution is -2.39. The van der Waals surface area contributed by atoms with E-state index in [2.05, 4.69) is 43.2 Å². The molecule has 1 aliphatic heterocycles. The van der Waals surface area contributed by atoms with Crippen molar-refractivity contribution < 1.29 is 0 Å². The lowest BCUT2D eigenvalue weighted by Gasteiger charge is -2.21. The Balaban J connectivity index is 0.00000289. The largest absolute Gasteiger partial charge is 0.357 e. The highest BCUT2D eigenvalue weighted by Crippen LogP contribution is 2.37. The normalized spacial score (nSPS) is 23.6. The van der Waals surface area contributed by atoms with E-state index >= 15 is 0 Å². The van der Waals surface area contributed by atoms with Crippen molar-refractivity contribution in [1.29, 1.82) is 0 Å². The molecule has 0 spiro atoms. The summed E-state index contributed by atoms with van der Waals surface area (Å²) in [6.07, 6.45) is 5.07. The zero-order chi connectivity index (χ0) is 12.6. The molecule has 1 atom stereocenters. The third-order valence-corrected chi connectivity index (χ3v) is 4.56. The number of unbranched alkanes of at least 4 members (excludes halogenated alkanes) is 1. The molecule has 5 heteroatoms. The van der Waals surface area contributed by atoms with Gasteiger partial charge in [-0.3, -0.25) is 4.99 Å². The van der Waals surface area contributed by atoms with E-state index in [0.29, 0.717) is 4.75 Å². The van der Waals surface area contributed by atoms with Gasteiger partial charge < -0.3 is 10.6 Å². The first-order valence-electron chi connectivity index (χ1n) is 6.86. The maximum Gasteiger partial charge on any atom is 0.191 e. The number of halogens is 1. The predicted octanol–water partition coefficient (Wildman–Crippen LogP) is 3.25. The van der Waals surface area contributed by atoms with E-state index < -0.39 is 0 Å². The second kappa shape index (κ2) is 10.2. The molecule has 0 aromatic heterocycles. The zero-order valence-electron chi connectivity index (χ0n) is 11.9. The van der Waals surface area contributed by atoms with Crippen LogP contribution in [0.5, 0.6) is 0 Å². The third kappa shape index (κ3) is 7.07. The Morgan fingerprint density at radius 3 is 2.67 bits per heavy atom. The molecular weight excluding hydrogens is 357 g/mol. The molecule has 3 nitrogen and oxygen atoms in total. The van der Waals surface area contributed by atoms with Gasteiger partial charge in [0.15, 0.2) is 5.96 Å². The predicted molar refractivity (Wildman–Crippen MR) is 94.4 cm³/mol. The summed E-state index contributed by atoms with van der Waals surface area (Å²) in [5.41, 5.74) is 0. The monoisotopic (exact) mass is 385 g/mol. The number of thioether (sulfide) groups is 1. The minimum Gasteiger partial charge on any atom is -0.357 e. The van der Waals surface area contributed by atoms with E-state index in [1.54, 1.807) is 0 Å². The number of nitrogens with zero attached hydrogens (tertiary/aromatic N) is 1. The van der Waals surface area contributed by atoms with Gasteiger partial charge in [0.1, 0.15) is 0 Å². The average molecular weight is 385 g/mol. The average Bonchev–Trinajstić information content (AvgIpc) is 2.74. The van der Waals surface area contributed by atoms with Gasteiger partial charge in [-0.2, -0.15) is 11.8 Å². The maximum atomic E-state index is 4.71. The van der Waals surface area contributed by atoms with Gasteiger partial charge in [-0.1, -0.05) is 13.3 Å². The van der Waals surface area contributed by atoms with Crippen molar-refractivity contribution in [3.05, 3.63) is 0 Å². The molecule has 0 aromatic carbocycles. The summed E-state index contributed by atoms with van der Waals surface area (Å²) >= 11 is 2.07. The van der Waals surface area contributed by atoms with E-state index in [9.17, 15) is 0 Å². The van der Waals surface area contributed by atoms with Gasteiger partial charge in [-0.25, -0.2) is 0 Å². The molecule has 108 valence electrons. The summed E-state index contributed by atoms with van der Waals surface area (Å²) in [7, 11) is 0. The molecule has 0 saturated carbocycles. The van der Waals surface area contributed by atoms with Crippen LogP contribution in [0.1, 0.15) is 46.5 Å². The molecule has 1 aliphatic rings. The molecule has 1 heterocycles. The molecule has 18 heavy (non-hydrogen) atoms. The molecular formula is C13H28IN3S. The van der Waals surface area contributed by atoms with Crippen LogP contribution in [0.3, 0.4) is 0 Å². The summed E-state index contributed by atoms with van der Waals surface area (Å²) in [5.74, 6) is 2.28. The number of nitrogens with one attached hydrogen (secondary N) is 2. The number of hydrogen-bond donors (Lipinski definition) is 2. The standard InChI is InChI=1S/C13H27N3S.HI/c1-4-6-9-15-12(14-5-2)16-11-13(3)8-7-10-17-13;/h4-11H2,1-3H3,(H2,14,15,16);1H. The van der Waals surface area contributed by atoms with Crippen LogP contribution in [0, 0.1) is 0 Å². The minimum atomic E-state index is 0. The highest BCUT2D eigenvalue weighted by molar-refractivity contribution is 14.0. The Labute approximate surface area is 133 Å². The molecule has 0 bridgehead atoms. The lowest BCUT2D eigenvalue weighted by atomic mass is 10.1. The topological polar surface area (TPSA) is 36.4 Å². The third-order valence-electron chi connectivity index (χ3n) is 3.04. The number of guanidine groups is 1. The Kier molecular flexibility index (Phi) is 10.4. The second-order valence-electron chi connectivity index (χ2n) is 4.88. The maximum absolute atomic E-state index is 4.71. The van der Waals surface area contributed by atoms with Crippen molar-refractivity contribution >= 4 is 41.7 Å². The Morgan fingerprint density at radius 1 is 1.33 bits per heavy atom. The summed E-state index contributed by atoms with van der Waals surface area (Å²) in [5, 5.41) is 6.70. The summed E-state index contributed by atoms with van der Waals surface area (Å²) in [6.45, 7) is 9.54. The van der Waals surface area contributed by atoms with Crippen LogP contribution in [0.2, 0.25) is 0 Å². The molecule has 0 aromatic rings. The first-order valence-corrected chi connectivity index (χ1v) is 7.85. The molecule has 0 radical (unpaired) electrons. The van der Waals surface area contributed by atoms with E-state index in [4.69, 9.17) is 4.99 Å². The van der Waals surface area contributed by atoms with Gasteiger partial charge >= 0.3 is 0 Å². The van der Waals surface area contributed by atoms with Gasteiger partial charge in [0.05, 0.1) is 6.54 Å². The smallest absolute Gasteiger partial charge is 0.191 e. The Hall–Kier alpha value is 0.350. The quantitative estimate of drug-likeness (QED) is 0.319. The van der Waals surface area contributed by atoms with Crippen LogP contribution < -0.4 is 10.6 Å². The van der Waals surface area contributed by atoms with Crippen LogP contribution >= 0.6 is 35.7 Å². The first kappa shape index (κ1) is 18.4. The fourth-order valence-corrected chi connectivity index (χ4v) is 3.16. The van der Waals surface area contributed by atoms with Gasteiger partial charge in [-0.05, 0) is 38.9 Å². The van der Waals surface area contributed by atoms with Crippen molar-refractivity contribution in [3.8, 4) is 0 Å². The molecule has 1 fully saturated rings. The zero-order valence-corrected chi connectivity index (χ0v) is 15.1. The molecule has 1 unspecified atom stereocenters. The van der Waals surface area contributed by atoms with E-state index in [-0.39, 0.29) is 24.0 Å². The van der Waals surface area contributed by atoms with Crippen LogP contribution in [0.25, 0.3) is 0 Å². The minimum absolute atomic E-state index is 0. The molecule has 0 aliphatic carbocycles. The fourth-order valence-electron chi connectivity index (χ4n) is 1.93. The van der Waals surface area contributed by atoms with Crippen molar-refractivity contribution in [2.45, 2.75) is 51.2 Å². The van der Waals surface area contributed by atoms with E-state index in [0.717, 1.165) is 25.6 Å². The SMILES string of the molecule is CCCCNC(=NCC1(C)CCCS1)NCC.I. The van der Waals surface area contributed by atoms with Gasteiger partial charge in [0, 0.05) is 17.8 Å². The van der Waals surface area contributed by atoms with Crippen molar-refractivity contribution in [2.24, 2.45) is 4.99 Å². The summed E-state index contributed by atoms with van der Waals surface area (Å²) < 4.78 is 0.368. The lowest BCUT2D eigenvalue weighted by molar-refractivity contribution is 0.613. The highest BCUT2D eigenvalue weighted by Gasteiger charge is 2.29. The molecule has 0 amide bonds. The highest BCUT2D eigenvalue weighted by atomic mass is 127. The number of rotatable bonds is 6. The van der Waals surface area contributed by atoms with Crippen LogP contribution in [0.4, 0.5) is 0 Å². The van der Waals surface area contributed by atoms with Gasteiger partial charge in [0.2, 0.25) is 0 Å². The molecule has 2 N–H and O–H groups in total. The molecule has 1 saturated heterocycles. The number of hydrogen-bond acceptors (Lipinski definition) is 2. The van der Waals surface area contributed by atoms with Crippen LogP contribution in [-0.2, 0) is 0 Å². The number of aliphatic imine (C=N–C) groups is 1. The Morgan fingerprint density at radius 2 is 2.11 bits per heavy atom. The van der Waals surface area contributed by atoms with Crippen LogP contribution in [0.15, 0.2) is 4.99 Å². The second-order valence-corrected chi connectivity index (χ2v) is 6.56. The van der Waals surface area contributed by atoms with Crippen molar-refractivity contribution in [2.75, 3.05) is 25.4 Å². The van der Waals surface area contributed by atoms with Gasteiger partial charge in [-0.15, -0.1) is 24.0 Å². The summed E-state index contributed by atoms with van der Waals surface area (Å²) in [4.78, 5) is 4.71. The molecule has 1 rings (SSSR count). The van der Waals surface area contributed by atoms with Crippen LogP contribution in [-0.4, -0.2) is 36.1 Å². The fraction of sp³-hybridized carbons (Fsp3) is 0.923. The van der Waals surface area contributed by atoms with E-state index in [1.807, 2.05) is 0 Å². The van der Waals surface area contributed by atoms with E-state index in [1.165, 1.54) is 31.4 Å². The first-order chi connectivity index (χ1) is 8.20. The summed E-state index contributed by atoms with van der Waals surface area (Å²) in [6, 6.07) is 0. The van der Waals surface area contributed by atoms with Crippen molar-refractivity contribution in [3.63, 3.8) is 0 Å². The van der Waals surface area contributed by atoms with Crippen molar-refractivity contribution in [1.82, 2.24) is 10.6 Å². The van der Waals surface area contributed by atoms with Gasteiger partial charge in [0.25, 0.3) is 0 Å².